The summed E-state index contributed by atoms with van der Waals surface area (Å²) in [6, 6.07) is 0. The summed E-state index contributed by atoms with van der Waals surface area (Å²) in [5, 5.41) is 7.02. The van der Waals surface area contributed by atoms with Crippen molar-refractivity contribution in [1.82, 2.24) is 24.2 Å². The lowest BCUT2D eigenvalue weighted by atomic mass is 9.85. The predicted molar refractivity (Wildman–Crippen MR) is 105 cm³/mol. The highest BCUT2D eigenvalue weighted by Gasteiger charge is 2.45. The average Bonchev–Trinajstić information content (AvgIpc) is 3.29. The molecule has 3 aliphatic rings. The number of hydrogen-bond donors (Lipinski definition) is 0. The number of ether oxygens (including phenoxy) is 1. The molecule has 9 nitrogen and oxygen atoms in total. The summed E-state index contributed by atoms with van der Waals surface area (Å²) in [5.41, 5.74) is -1.33. The van der Waals surface area contributed by atoms with Crippen LogP contribution in [0, 0.1) is 12.8 Å². The van der Waals surface area contributed by atoms with Crippen LogP contribution in [0.1, 0.15) is 47.0 Å². The fourth-order valence-corrected chi connectivity index (χ4v) is 4.92. The van der Waals surface area contributed by atoms with Gasteiger partial charge in [0, 0.05) is 18.5 Å². The van der Waals surface area contributed by atoms with Crippen molar-refractivity contribution in [3.05, 3.63) is 42.6 Å². The first-order valence-electron chi connectivity index (χ1n) is 10.0. The Labute approximate surface area is 170 Å². The number of carbonyl (C=O) groups excluding carboxylic acids is 1. The van der Waals surface area contributed by atoms with Gasteiger partial charge in [-0.15, -0.1) is 11.3 Å². The van der Waals surface area contributed by atoms with E-state index < -0.39 is 16.7 Å². The number of hydrogen-bond acceptors (Lipinski definition) is 7. The lowest BCUT2D eigenvalue weighted by molar-refractivity contribution is -0.0844. The standard InChI is InChI=1S/C19H23N5O4S/c1-12-20-14(9-29-12)16(25)22-6-5-19(10-22)11-23-15(8-28-19)21-24(18(27)17(23)26)7-13-3-2-4-13/h9,13H,2-8,10-11H2,1H3/t19-/m0/s1. The maximum atomic E-state index is 12.7. The van der Waals surface area contributed by atoms with E-state index in [1.54, 1.807) is 10.3 Å². The average molecular weight is 417 g/mol. The minimum absolute atomic E-state index is 0.123. The quantitative estimate of drug-likeness (QED) is 0.685. The van der Waals surface area contributed by atoms with Gasteiger partial charge >= 0.3 is 11.1 Å². The van der Waals surface area contributed by atoms with Crippen LogP contribution >= 0.6 is 11.3 Å². The van der Waals surface area contributed by atoms with Gasteiger partial charge in [0.25, 0.3) is 5.91 Å². The van der Waals surface area contributed by atoms with Gasteiger partial charge in [-0.1, -0.05) is 6.42 Å². The van der Waals surface area contributed by atoms with Crippen molar-refractivity contribution in [3.63, 3.8) is 0 Å². The third kappa shape index (κ3) is 3.24. The molecule has 0 bridgehead atoms. The molecule has 29 heavy (non-hydrogen) atoms. The van der Waals surface area contributed by atoms with E-state index in [4.69, 9.17) is 4.74 Å². The highest BCUT2D eigenvalue weighted by molar-refractivity contribution is 7.09. The van der Waals surface area contributed by atoms with E-state index >= 15 is 0 Å². The van der Waals surface area contributed by atoms with Crippen molar-refractivity contribution in [2.75, 3.05) is 13.1 Å². The van der Waals surface area contributed by atoms with Gasteiger partial charge in [0.2, 0.25) is 0 Å². The van der Waals surface area contributed by atoms with Crippen LogP contribution in [0.3, 0.4) is 0 Å². The highest BCUT2D eigenvalue weighted by atomic mass is 32.1. The number of likely N-dealkylation sites (tertiary alicyclic amines) is 1. The van der Waals surface area contributed by atoms with Crippen molar-refractivity contribution in [2.24, 2.45) is 5.92 Å². The lowest BCUT2D eigenvalue weighted by Gasteiger charge is -2.35. The number of carbonyl (C=O) groups is 1. The normalized spacial score (nSPS) is 24.0. The van der Waals surface area contributed by atoms with Crippen LogP contribution in [0.25, 0.3) is 0 Å². The summed E-state index contributed by atoms with van der Waals surface area (Å²) in [7, 11) is 0. The first-order chi connectivity index (χ1) is 13.9. The van der Waals surface area contributed by atoms with Crippen LogP contribution in [0.15, 0.2) is 15.0 Å². The molecule has 2 fully saturated rings. The van der Waals surface area contributed by atoms with E-state index in [0.717, 1.165) is 17.8 Å². The molecule has 1 saturated carbocycles. The van der Waals surface area contributed by atoms with Gasteiger partial charge in [-0.25, -0.2) is 9.67 Å². The molecular formula is C19H23N5O4S. The van der Waals surface area contributed by atoms with Crippen LogP contribution in [-0.2, 0) is 24.4 Å². The van der Waals surface area contributed by atoms with E-state index in [1.807, 2.05) is 6.92 Å². The predicted octanol–water partition coefficient (Wildman–Crippen LogP) is 0.785. The number of aryl methyl sites for hydroxylation is 1. The Morgan fingerprint density at radius 2 is 2.14 bits per heavy atom. The van der Waals surface area contributed by atoms with E-state index in [0.29, 0.717) is 43.5 Å². The molecular weight excluding hydrogens is 394 g/mol. The van der Waals surface area contributed by atoms with E-state index in [9.17, 15) is 14.4 Å². The monoisotopic (exact) mass is 417 g/mol. The number of fused-ring (bicyclic) bond motifs is 1. The van der Waals surface area contributed by atoms with Crippen molar-refractivity contribution in [1.29, 1.82) is 0 Å². The second-order valence-corrected chi connectivity index (χ2v) is 9.35. The van der Waals surface area contributed by atoms with Crippen LogP contribution in [0.2, 0.25) is 0 Å². The third-order valence-corrected chi connectivity index (χ3v) is 7.04. The molecule has 5 rings (SSSR count). The molecule has 1 amide bonds. The first-order valence-corrected chi connectivity index (χ1v) is 10.9. The number of amides is 1. The molecule has 1 atom stereocenters. The maximum Gasteiger partial charge on any atom is 0.332 e. The van der Waals surface area contributed by atoms with Gasteiger partial charge in [-0.05, 0) is 32.1 Å². The van der Waals surface area contributed by atoms with Crippen LogP contribution < -0.4 is 11.1 Å². The number of rotatable bonds is 3. The molecule has 1 aliphatic carbocycles. The van der Waals surface area contributed by atoms with Gasteiger partial charge in [-0.3, -0.25) is 19.0 Å². The second kappa shape index (κ2) is 6.88. The van der Waals surface area contributed by atoms with Crippen LogP contribution in [0.5, 0.6) is 0 Å². The minimum atomic E-state index is -0.661. The van der Waals surface area contributed by atoms with E-state index in [1.165, 1.54) is 27.0 Å². The fraction of sp³-hybridized carbons (Fsp3) is 0.632. The number of nitrogens with zero attached hydrogens (tertiary/aromatic N) is 5. The first kappa shape index (κ1) is 18.7. The van der Waals surface area contributed by atoms with Crippen molar-refractivity contribution in [2.45, 2.75) is 57.9 Å². The molecule has 154 valence electrons. The van der Waals surface area contributed by atoms with E-state index in [-0.39, 0.29) is 19.1 Å². The molecule has 2 aromatic rings. The molecule has 0 aromatic carbocycles. The summed E-state index contributed by atoms with van der Waals surface area (Å²) >= 11 is 1.44. The molecule has 4 heterocycles. The Hall–Kier alpha value is -2.33. The Balaban J connectivity index is 1.37. The largest absolute Gasteiger partial charge is 0.363 e. The minimum Gasteiger partial charge on any atom is -0.363 e. The zero-order valence-electron chi connectivity index (χ0n) is 16.3. The number of aromatic nitrogens is 4. The maximum absolute atomic E-state index is 12.7. The van der Waals surface area contributed by atoms with Gasteiger partial charge in [-0.2, -0.15) is 5.10 Å². The van der Waals surface area contributed by atoms with Gasteiger partial charge < -0.3 is 9.64 Å². The molecule has 2 aromatic heterocycles. The Morgan fingerprint density at radius 3 is 2.83 bits per heavy atom. The molecule has 1 saturated heterocycles. The molecule has 0 unspecified atom stereocenters. The van der Waals surface area contributed by atoms with Gasteiger partial charge in [0.1, 0.15) is 17.9 Å². The molecule has 10 heteroatoms. The fourth-order valence-electron chi connectivity index (χ4n) is 4.34. The van der Waals surface area contributed by atoms with Crippen molar-refractivity contribution < 1.29 is 9.53 Å². The molecule has 0 radical (unpaired) electrons. The Morgan fingerprint density at radius 1 is 1.31 bits per heavy atom. The van der Waals surface area contributed by atoms with Crippen molar-refractivity contribution >= 4 is 17.2 Å². The zero-order valence-corrected chi connectivity index (χ0v) is 17.1. The van der Waals surface area contributed by atoms with Crippen LogP contribution in [0.4, 0.5) is 0 Å². The van der Waals surface area contributed by atoms with Gasteiger partial charge in [0.05, 0.1) is 18.1 Å². The second-order valence-electron chi connectivity index (χ2n) is 8.29. The Kier molecular flexibility index (Phi) is 4.43. The summed E-state index contributed by atoms with van der Waals surface area (Å²) in [4.78, 5) is 44.0. The topological polar surface area (TPSA) is 99.3 Å². The summed E-state index contributed by atoms with van der Waals surface area (Å²) < 4.78 is 8.88. The van der Waals surface area contributed by atoms with Crippen LogP contribution in [-0.4, -0.2) is 48.8 Å². The smallest absolute Gasteiger partial charge is 0.332 e. The molecule has 0 N–H and O–H groups in total. The third-order valence-electron chi connectivity index (χ3n) is 6.26. The van der Waals surface area contributed by atoms with Crippen molar-refractivity contribution in [3.8, 4) is 0 Å². The Bertz CT molecular complexity index is 1080. The van der Waals surface area contributed by atoms with Gasteiger partial charge in [0.15, 0.2) is 5.82 Å². The number of thiazole rings is 1. The summed E-state index contributed by atoms with van der Waals surface area (Å²) in [6.45, 7) is 3.68. The highest BCUT2D eigenvalue weighted by Crippen LogP contribution is 2.32. The SMILES string of the molecule is Cc1nc(C(=O)N2CC[C@]3(C2)Cn2c(nn(CC4CCC4)c(=O)c2=O)CO3)cs1. The summed E-state index contributed by atoms with van der Waals surface area (Å²) in [6.07, 6.45) is 3.94. The zero-order chi connectivity index (χ0) is 20.2. The lowest BCUT2D eigenvalue weighted by Crippen LogP contribution is -2.53. The van der Waals surface area contributed by atoms with E-state index in [2.05, 4.69) is 10.1 Å². The summed E-state index contributed by atoms with van der Waals surface area (Å²) in [5.74, 6) is 0.795. The molecule has 2 aliphatic heterocycles. The molecule has 1 spiro atoms.